The molecule has 0 spiro atoms. The first-order valence-electron chi connectivity index (χ1n) is 11.2. The maximum absolute atomic E-state index is 13.2. The van der Waals surface area contributed by atoms with Crippen molar-refractivity contribution in [1.29, 1.82) is 0 Å². The van der Waals surface area contributed by atoms with Crippen molar-refractivity contribution in [2.45, 2.75) is 36.1 Å². The van der Waals surface area contributed by atoms with E-state index < -0.39 is 23.3 Å². The molecule has 0 unspecified atom stereocenters. The van der Waals surface area contributed by atoms with Gasteiger partial charge in [0, 0.05) is 25.0 Å². The molecule has 3 aromatic rings. The summed E-state index contributed by atoms with van der Waals surface area (Å²) in [5, 5.41) is 16.3. The van der Waals surface area contributed by atoms with Crippen molar-refractivity contribution < 1.29 is 14.6 Å². The highest BCUT2D eigenvalue weighted by Gasteiger charge is 2.43. The average molecular weight is 583 g/mol. The predicted octanol–water partition coefficient (Wildman–Crippen LogP) is 8.53. The van der Waals surface area contributed by atoms with E-state index in [9.17, 15) is 9.90 Å². The van der Waals surface area contributed by atoms with Crippen LogP contribution < -0.4 is 5.32 Å². The molecule has 0 saturated carbocycles. The molecule has 0 amide bonds. The molecule has 36 heavy (non-hydrogen) atoms. The molecule has 1 heterocycles. The summed E-state index contributed by atoms with van der Waals surface area (Å²) in [5.74, 6) is -0.738. The minimum atomic E-state index is -0.777. The molecule has 188 valence electrons. The first-order valence-corrected chi connectivity index (χ1v) is 13.6. The minimum absolute atomic E-state index is 0.0898. The highest BCUT2D eigenvalue weighted by Crippen LogP contribution is 2.47. The standard InChI is InChI=1S/C27H23Cl4NO3S/c1-3-35-27(34)22-23(18-10-6-15(28)12-20(18)30)32-24(19-11-7-16(29)13-21(19)31)26(25(22)33)36-17-8-4-14(2)5-9-17/h4-13,23-24,26,32-33H,3H2,1-2H3/t23-,24+,26-/m1/s1. The van der Waals surface area contributed by atoms with Gasteiger partial charge in [-0.15, -0.1) is 11.8 Å². The van der Waals surface area contributed by atoms with Crippen molar-refractivity contribution in [3.05, 3.63) is 109 Å². The molecule has 1 aliphatic rings. The number of hydrogen-bond donors (Lipinski definition) is 2. The third-order valence-corrected chi connectivity index (χ3v) is 8.25. The second-order valence-corrected chi connectivity index (χ2v) is 11.2. The molecule has 4 nitrogen and oxygen atoms in total. The van der Waals surface area contributed by atoms with Crippen LogP contribution in [0.5, 0.6) is 0 Å². The minimum Gasteiger partial charge on any atom is -0.510 e. The lowest BCUT2D eigenvalue weighted by molar-refractivity contribution is -0.139. The van der Waals surface area contributed by atoms with Gasteiger partial charge in [0.05, 0.1) is 29.5 Å². The quantitative estimate of drug-likeness (QED) is 0.285. The fraction of sp³-hybridized carbons (Fsp3) is 0.222. The van der Waals surface area contributed by atoms with Gasteiger partial charge in [-0.25, -0.2) is 4.79 Å². The zero-order valence-corrected chi connectivity index (χ0v) is 23.2. The van der Waals surface area contributed by atoms with Gasteiger partial charge in [0.1, 0.15) is 5.76 Å². The zero-order chi connectivity index (χ0) is 26.0. The number of esters is 1. The highest BCUT2D eigenvalue weighted by atomic mass is 35.5. The molecule has 3 atom stereocenters. The van der Waals surface area contributed by atoms with Gasteiger partial charge in [0.15, 0.2) is 0 Å². The van der Waals surface area contributed by atoms with Gasteiger partial charge >= 0.3 is 5.97 Å². The van der Waals surface area contributed by atoms with E-state index in [1.54, 1.807) is 37.3 Å². The second kappa shape index (κ2) is 11.7. The van der Waals surface area contributed by atoms with Gasteiger partial charge in [0.25, 0.3) is 0 Å². The van der Waals surface area contributed by atoms with E-state index in [0.29, 0.717) is 25.7 Å². The third-order valence-electron chi connectivity index (χ3n) is 5.83. The molecule has 0 aromatic heterocycles. The Labute approximate surface area is 234 Å². The monoisotopic (exact) mass is 581 g/mol. The summed E-state index contributed by atoms with van der Waals surface area (Å²) >= 11 is 26.9. The Morgan fingerprint density at radius 1 is 0.944 bits per heavy atom. The van der Waals surface area contributed by atoms with Crippen LogP contribution in [-0.4, -0.2) is 22.9 Å². The number of ether oxygens (including phenoxy) is 1. The Hall–Kier alpha value is -1.86. The van der Waals surface area contributed by atoms with Crippen LogP contribution in [-0.2, 0) is 9.53 Å². The number of halogens is 4. The summed E-state index contributed by atoms with van der Waals surface area (Å²) in [6.07, 6.45) is 0. The largest absolute Gasteiger partial charge is 0.510 e. The van der Waals surface area contributed by atoms with Gasteiger partial charge in [0.2, 0.25) is 0 Å². The summed E-state index contributed by atoms with van der Waals surface area (Å²) in [6.45, 7) is 3.87. The van der Waals surface area contributed by atoms with Crippen LogP contribution in [0.25, 0.3) is 0 Å². The number of hydrogen-bond acceptors (Lipinski definition) is 5. The molecular formula is C27H23Cl4NO3S. The number of thioether (sulfide) groups is 1. The Morgan fingerprint density at radius 3 is 2.08 bits per heavy atom. The number of aliphatic hydroxyl groups excluding tert-OH is 1. The number of nitrogens with one attached hydrogen (secondary N) is 1. The summed E-state index contributed by atoms with van der Waals surface area (Å²) < 4.78 is 5.34. The van der Waals surface area contributed by atoms with E-state index in [-0.39, 0.29) is 17.9 Å². The average Bonchev–Trinajstić information content (AvgIpc) is 2.82. The summed E-state index contributed by atoms with van der Waals surface area (Å²) in [7, 11) is 0. The molecule has 0 bridgehead atoms. The first-order chi connectivity index (χ1) is 17.2. The lowest BCUT2D eigenvalue weighted by Gasteiger charge is -2.38. The predicted molar refractivity (Wildman–Crippen MR) is 149 cm³/mol. The van der Waals surface area contributed by atoms with E-state index >= 15 is 0 Å². The normalized spacial score (nSPS) is 19.9. The van der Waals surface area contributed by atoms with Crippen LogP contribution in [0, 0.1) is 6.92 Å². The number of carbonyl (C=O) groups is 1. The first kappa shape index (κ1) is 27.2. The highest BCUT2D eigenvalue weighted by molar-refractivity contribution is 8.00. The molecule has 3 aromatic carbocycles. The van der Waals surface area contributed by atoms with Crippen molar-refractivity contribution in [3.63, 3.8) is 0 Å². The molecule has 4 rings (SSSR count). The lowest BCUT2D eigenvalue weighted by atomic mass is 9.87. The van der Waals surface area contributed by atoms with Gasteiger partial charge < -0.3 is 9.84 Å². The number of rotatable bonds is 6. The Morgan fingerprint density at radius 2 is 1.53 bits per heavy atom. The van der Waals surface area contributed by atoms with E-state index in [2.05, 4.69) is 5.32 Å². The molecule has 1 aliphatic heterocycles. The third kappa shape index (κ3) is 5.83. The Bertz CT molecular complexity index is 1310. The van der Waals surface area contributed by atoms with Crippen molar-refractivity contribution in [2.24, 2.45) is 0 Å². The SMILES string of the molecule is CCOC(=O)C1=C(O)[C@H](Sc2ccc(C)cc2)[C@H](c2ccc(Cl)cc2Cl)N[C@@H]1c1ccc(Cl)cc1Cl. The van der Waals surface area contributed by atoms with Gasteiger partial charge in [-0.05, 0) is 61.4 Å². The van der Waals surface area contributed by atoms with Crippen LogP contribution >= 0.6 is 58.2 Å². The number of aryl methyl sites for hydroxylation is 1. The summed E-state index contributed by atoms with van der Waals surface area (Å²) in [6, 6.07) is 16.9. The molecular weight excluding hydrogens is 560 g/mol. The fourth-order valence-electron chi connectivity index (χ4n) is 4.12. The van der Waals surface area contributed by atoms with Crippen LogP contribution in [0.4, 0.5) is 0 Å². The maximum atomic E-state index is 13.2. The van der Waals surface area contributed by atoms with Crippen molar-refractivity contribution in [1.82, 2.24) is 5.32 Å². The van der Waals surface area contributed by atoms with Gasteiger partial charge in [-0.1, -0.05) is 76.2 Å². The smallest absolute Gasteiger partial charge is 0.339 e. The van der Waals surface area contributed by atoms with E-state index in [1.807, 2.05) is 37.3 Å². The zero-order valence-electron chi connectivity index (χ0n) is 19.4. The summed E-state index contributed by atoms with van der Waals surface area (Å²) in [4.78, 5) is 14.1. The molecule has 0 radical (unpaired) electrons. The summed E-state index contributed by atoms with van der Waals surface area (Å²) in [5.41, 5.74) is 2.50. The van der Waals surface area contributed by atoms with Gasteiger partial charge in [-0.2, -0.15) is 0 Å². The van der Waals surface area contributed by atoms with E-state index in [4.69, 9.17) is 51.1 Å². The Balaban J connectivity index is 1.91. The number of benzene rings is 3. The van der Waals surface area contributed by atoms with E-state index in [0.717, 1.165) is 16.0 Å². The fourth-order valence-corrected chi connectivity index (χ4v) is 6.35. The van der Waals surface area contributed by atoms with Crippen molar-refractivity contribution in [3.8, 4) is 0 Å². The Kier molecular flexibility index (Phi) is 8.82. The molecule has 0 saturated heterocycles. The molecule has 0 aliphatic carbocycles. The maximum Gasteiger partial charge on any atom is 0.339 e. The molecule has 2 N–H and O–H groups in total. The van der Waals surface area contributed by atoms with Crippen LogP contribution in [0.15, 0.2) is 76.9 Å². The molecule has 9 heteroatoms. The molecule has 0 fully saturated rings. The van der Waals surface area contributed by atoms with Crippen LogP contribution in [0.3, 0.4) is 0 Å². The van der Waals surface area contributed by atoms with Crippen molar-refractivity contribution >= 4 is 64.1 Å². The van der Waals surface area contributed by atoms with Crippen LogP contribution in [0.2, 0.25) is 20.1 Å². The topological polar surface area (TPSA) is 58.6 Å². The second-order valence-electron chi connectivity index (χ2n) is 8.28. The van der Waals surface area contributed by atoms with Crippen LogP contribution in [0.1, 0.15) is 35.7 Å². The number of aliphatic hydroxyl groups is 1. The van der Waals surface area contributed by atoms with E-state index in [1.165, 1.54) is 11.8 Å². The lowest BCUT2D eigenvalue weighted by Crippen LogP contribution is -2.43. The van der Waals surface area contributed by atoms with Crippen molar-refractivity contribution in [2.75, 3.05) is 6.61 Å². The number of carbonyl (C=O) groups excluding carboxylic acids is 1. The van der Waals surface area contributed by atoms with Gasteiger partial charge in [-0.3, -0.25) is 5.32 Å².